The summed E-state index contributed by atoms with van der Waals surface area (Å²) in [7, 11) is 0. The lowest BCUT2D eigenvalue weighted by molar-refractivity contribution is -0.116. The highest BCUT2D eigenvalue weighted by molar-refractivity contribution is 7.96. The minimum Gasteiger partial charge on any atom is -0.393 e. The molecule has 1 N–H and O–H groups in total. The molecule has 0 bridgehead atoms. The number of rotatable bonds is 3. The summed E-state index contributed by atoms with van der Waals surface area (Å²) in [5.74, 6) is 0. The molecule has 1 fully saturated rings. The van der Waals surface area contributed by atoms with Crippen LogP contribution in [0.1, 0.15) is 24.4 Å². The van der Waals surface area contributed by atoms with Gasteiger partial charge in [0.05, 0.1) is 6.10 Å². The molecule has 92 valence electrons. The van der Waals surface area contributed by atoms with E-state index in [0.29, 0.717) is 0 Å². The Morgan fingerprint density at radius 1 is 1.29 bits per heavy atom. The van der Waals surface area contributed by atoms with Gasteiger partial charge < -0.3 is 5.11 Å². The number of benzene rings is 1. The van der Waals surface area contributed by atoms with Gasteiger partial charge in [-0.15, -0.1) is 12.6 Å². The van der Waals surface area contributed by atoms with Gasteiger partial charge in [0.1, 0.15) is 6.04 Å². The molecule has 0 unspecified atom stereocenters. The number of hydrogen-bond acceptors (Lipinski definition) is 3. The van der Waals surface area contributed by atoms with Crippen molar-refractivity contribution in [2.45, 2.75) is 25.0 Å². The molecule has 0 radical (unpaired) electrons. The largest absolute Gasteiger partial charge is 0.393 e. The van der Waals surface area contributed by atoms with Crippen LogP contribution in [0.25, 0.3) is 0 Å². The third kappa shape index (κ3) is 3.09. The Hall–Kier alpha value is -0.840. The Morgan fingerprint density at radius 2 is 1.88 bits per heavy atom. The van der Waals surface area contributed by atoms with E-state index in [2.05, 4.69) is 17.5 Å². The van der Waals surface area contributed by atoms with Crippen molar-refractivity contribution in [3.8, 4) is 0 Å². The van der Waals surface area contributed by atoms with E-state index in [4.69, 9.17) is 0 Å². The van der Waals surface area contributed by atoms with E-state index in [1.54, 1.807) is 0 Å². The fourth-order valence-electron chi connectivity index (χ4n) is 2.29. The van der Waals surface area contributed by atoms with Crippen LogP contribution in [0.2, 0.25) is 0 Å². The van der Waals surface area contributed by atoms with Crippen LogP contribution >= 0.6 is 12.6 Å². The molecular weight excluding hydrogens is 234 g/mol. The fourth-order valence-corrected chi connectivity index (χ4v) is 2.60. The summed E-state index contributed by atoms with van der Waals surface area (Å²) >= 11 is 3.99. The summed E-state index contributed by atoms with van der Waals surface area (Å²) in [5, 5.41) is 9.36. The molecule has 1 aromatic carbocycles. The van der Waals surface area contributed by atoms with Gasteiger partial charge >= 0.3 is 0 Å². The fraction of sp³-hybridized carbons (Fsp3) is 0.462. The molecule has 3 nitrogen and oxygen atoms in total. The van der Waals surface area contributed by atoms with Crippen molar-refractivity contribution in [2.24, 2.45) is 0 Å². The van der Waals surface area contributed by atoms with E-state index < -0.39 is 0 Å². The first-order valence-corrected chi connectivity index (χ1v) is 6.33. The predicted octanol–water partition coefficient (Wildman–Crippen LogP) is 1.64. The van der Waals surface area contributed by atoms with Crippen molar-refractivity contribution < 1.29 is 9.90 Å². The minimum atomic E-state index is -0.285. The Bertz CT molecular complexity index is 374. The van der Waals surface area contributed by atoms with Crippen LogP contribution in [0, 0.1) is 0 Å². The standard InChI is InChI=1S/C13H17NO2S/c15-11-6-8-14(9-7-11)12(13(16)17)10-4-2-1-3-5-10/h1-5,11-12,15H,6-9H2,(H,16,17)/t12-/m1/s1. The smallest absolute Gasteiger partial charge is 0.207 e. The van der Waals surface area contributed by atoms with Gasteiger partial charge in [-0.1, -0.05) is 30.3 Å². The first-order valence-electron chi connectivity index (χ1n) is 5.88. The zero-order chi connectivity index (χ0) is 12.3. The summed E-state index contributed by atoms with van der Waals surface area (Å²) in [6.45, 7) is 1.49. The lowest BCUT2D eigenvalue weighted by Crippen LogP contribution is -2.40. The predicted molar refractivity (Wildman–Crippen MR) is 70.0 cm³/mol. The van der Waals surface area contributed by atoms with Crippen LogP contribution in [0.3, 0.4) is 0 Å². The van der Waals surface area contributed by atoms with Crippen LogP contribution < -0.4 is 0 Å². The molecule has 17 heavy (non-hydrogen) atoms. The van der Waals surface area contributed by atoms with Crippen molar-refractivity contribution in [3.05, 3.63) is 35.9 Å². The van der Waals surface area contributed by atoms with E-state index in [0.717, 1.165) is 31.5 Å². The van der Waals surface area contributed by atoms with Crippen LogP contribution in [0.5, 0.6) is 0 Å². The van der Waals surface area contributed by atoms with Crippen molar-refractivity contribution in [1.29, 1.82) is 0 Å². The molecule has 0 amide bonds. The Morgan fingerprint density at radius 3 is 2.41 bits per heavy atom. The van der Waals surface area contributed by atoms with Gasteiger partial charge in [0.15, 0.2) is 0 Å². The first kappa shape index (κ1) is 12.6. The molecule has 1 aliphatic heterocycles. The maximum Gasteiger partial charge on any atom is 0.207 e. The first-order chi connectivity index (χ1) is 8.18. The van der Waals surface area contributed by atoms with Gasteiger partial charge in [-0.2, -0.15) is 0 Å². The Balaban J connectivity index is 2.16. The normalized spacial score (nSPS) is 20.1. The van der Waals surface area contributed by atoms with Crippen LogP contribution in [0.4, 0.5) is 0 Å². The number of aliphatic hydroxyl groups excluding tert-OH is 1. The maximum atomic E-state index is 11.7. The molecular formula is C13H17NO2S. The molecule has 0 aliphatic carbocycles. The molecule has 0 aromatic heterocycles. The van der Waals surface area contributed by atoms with Crippen LogP contribution in [-0.4, -0.2) is 34.3 Å². The van der Waals surface area contributed by atoms with E-state index in [1.807, 2.05) is 30.3 Å². The van der Waals surface area contributed by atoms with E-state index in [9.17, 15) is 9.90 Å². The second kappa shape index (κ2) is 5.67. The van der Waals surface area contributed by atoms with Crippen molar-refractivity contribution in [1.82, 2.24) is 4.90 Å². The number of hydrogen-bond donors (Lipinski definition) is 2. The maximum absolute atomic E-state index is 11.7. The third-order valence-corrected chi connectivity index (χ3v) is 3.46. The Labute approximate surface area is 107 Å². The topological polar surface area (TPSA) is 40.5 Å². The van der Waals surface area contributed by atoms with Crippen molar-refractivity contribution >= 4 is 17.7 Å². The average molecular weight is 251 g/mol. The molecule has 1 aromatic rings. The van der Waals surface area contributed by atoms with Crippen LogP contribution in [0.15, 0.2) is 30.3 Å². The highest BCUT2D eigenvalue weighted by Gasteiger charge is 2.28. The van der Waals surface area contributed by atoms with E-state index in [1.165, 1.54) is 0 Å². The zero-order valence-corrected chi connectivity index (χ0v) is 10.5. The lowest BCUT2D eigenvalue weighted by Gasteiger charge is -2.34. The van der Waals surface area contributed by atoms with Crippen LogP contribution in [-0.2, 0) is 4.79 Å². The lowest BCUT2D eigenvalue weighted by atomic mass is 10.0. The molecule has 4 heteroatoms. The van der Waals surface area contributed by atoms with Gasteiger partial charge in [0.25, 0.3) is 0 Å². The number of aliphatic hydroxyl groups is 1. The third-order valence-electron chi connectivity index (χ3n) is 3.21. The highest BCUT2D eigenvalue weighted by Crippen LogP contribution is 2.26. The molecule has 0 saturated carbocycles. The molecule has 2 rings (SSSR count). The number of nitrogens with zero attached hydrogens (tertiary/aromatic N) is 1. The number of carbonyl (C=O) groups excluding carboxylic acids is 1. The summed E-state index contributed by atoms with van der Waals surface area (Å²) in [5.41, 5.74) is 0.976. The summed E-state index contributed by atoms with van der Waals surface area (Å²) in [6, 6.07) is 9.40. The second-order valence-corrected chi connectivity index (χ2v) is 4.86. The molecule has 1 atom stereocenters. The van der Waals surface area contributed by atoms with E-state index >= 15 is 0 Å². The summed E-state index contributed by atoms with van der Waals surface area (Å²) in [6.07, 6.45) is 1.23. The molecule has 1 heterocycles. The van der Waals surface area contributed by atoms with Gasteiger partial charge in [-0.05, 0) is 18.4 Å². The minimum absolute atomic E-state index is 0.132. The van der Waals surface area contributed by atoms with Crippen molar-refractivity contribution in [3.63, 3.8) is 0 Å². The molecule has 1 saturated heterocycles. The Kier molecular flexibility index (Phi) is 4.20. The van der Waals surface area contributed by atoms with Gasteiger partial charge in [0.2, 0.25) is 5.12 Å². The average Bonchev–Trinajstić information content (AvgIpc) is 2.33. The quantitative estimate of drug-likeness (QED) is 0.802. The van der Waals surface area contributed by atoms with E-state index in [-0.39, 0.29) is 17.3 Å². The van der Waals surface area contributed by atoms with Crippen molar-refractivity contribution in [2.75, 3.05) is 13.1 Å². The number of thiol groups is 1. The SMILES string of the molecule is O=C(S)[C@@H](c1ccccc1)N1CCC(O)CC1. The monoisotopic (exact) mass is 251 g/mol. The van der Waals surface area contributed by atoms with Gasteiger partial charge in [-0.3, -0.25) is 9.69 Å². The zero-order valence-electron chi connectivity index (χ0n) is 9.62. The number of piperidine rings is 1. The molecule has 1 aliphatic rings. The van der Waals surface area contributed by atoms with Gasteiger partial charge in [0, 0.05) is 13.1 Å². The number of likely N-dealkylation sites (tertiary alicyclic amines) is 1. The molecule has 0 spiro atoms. The van der Waals surface area contributed by atoms with Gasteiger partial charge in [-0.25, -0.2) is 0 Å². The summed E-state index contributed by atoms with van der Waals surface area (Å²) in [4.78, 5) is 13.8. The second-order valence-electron chi connectivity index (χ2n) is 4.42. The highest BCUT2D eigenvalue weighted by atomic mass is 32.1. The summed E-state index contributed by atoms with van der Waals surface area (Å²) < 4.78 is 0. The number of carbonyl (C=O) groups is 1.